The summed E-state index contributed by atoms with van der Waals surface area (Å²) >= 11 is 0. The number of hydrogen-bond acceptors (Lipinski definition) is 8. The molecule has 0 radical (unpaired) electrons. The van der Waals surface area contributed by atoms with Gasteiger partial charge in [-0.3, -0.25) is 4.79 Å². The summed E-state index contributed by atoms with van der Waals surface area (Å²) in [4.78, 5) is 12.9. The smallest absolute Gasteiger partial charge is 0.243 e. The van der Waals surface area contributed by atoms with E-state index >= 15 is 0 Å². The number of methoxy groups -OCH3 is 1. The molecular formula is C27H37N3O8S2. The molecule has 1 N–H and O–H groups in total. The van der Waals surface area contributed by atoms with E-state index in [0.29, 0.717) is 62.9 Å². The van der Waals surface area contributed by atoms with Crippen molar-refractivity contribution in [1.82, 2.24) is 13.9 Å². The van der Waals surface area contributed by atoms with Crippen LogP contribution in [0.3, 0.4) is 0 Å². The van der Waals surface area contributed by atoms with E-state index in [9.17, 15) is 21.6 Å². The van der Waals surface area contributed by atoms with Crippen LogP contribution in [0.4, 0.5) is 0 Å². The van der Waals surface area contributed by atoms with Gasteiger partial charge in [0.25, 0.3) is 0 Å². The Hall–Kier alpha value is -2.71. The topological polar surface area (TPSA) is 132 Å². The zero-order valence-corrected chi connectivity index (χ0v) is 24.3. The van der Waals surface area contributed by atoms with E-state index in [1.165, 1.54) is 27.9 Å². The highest BCUT2D eigenvalue weighted by Gasteiger charge is 2.27. The molecule has 2 saturated heterocycles. The molecule has 2 fully saturated rings. The molecule has 0 unspecified atom stereocenters. The Morgan fingerprint density at radius 3 is 2.17 bits per heavy atom. The number of amides is 1. The summed E-state index contributed by atoms with van der Waals surface area (Å²) in [6, 6.07) is 11.0. The van der Waals surface area contributed by atoms with Crippen molar-refractivity contribution < 1.29 is 35.8 Å². The van der Waals surface area contributed by atoms with Crippen LogP contribution in [-0.4, -0.2) is 91.0 Å². The summed E-state index contributed by atoms with van der Waals surface area (Å²) in [6.07, 6.45) is 3.21. The number of nitrogens with zero attached hydrogens (tertiary/aromatic N) is 2. The first-order valence-electron chi connectivity index (χ1n) is 13.5. The molecule has 0 saturated carbocycles. The van der Waals surface area contributed by atoms with Crippen LogP contribution in [0.5, 0.6) is 11.5 Å². The Morgan fingerprint density at radius 2 is 1.50 bits per heavy atom. The maximum absolute atomic E-state index is 13.1. The highest BCUT2D eigenvalue weighted by atomic mass is 32.2. The van der Waals surface area contributed by atoms with Gasteiger partial charge in [0.15, 0.2) is 0 Å². The summed E-state index contributed by atoms with van der Waals surface area (Å²) in [5.74, 6) is 0.821. The lowest BCUT2D eigenvalue weighted by Crippen LogP contribution is -2.40. The fraction of sp³-hybridized carbons (Fsp3) is 0.519. The minimum absolute atomic E-state index is 0.150. The van der Waals surface area contributed by atoms with Gasteiger partial charge in [0.1, 0.15) is 18.1 Å². The summed E-state index contributed by atoms with van der Waals surface area (Å²) in [7, 11) is -5.65. The maximum Gasteiger partial charge on any atom is 0.243 e. The summed E-state index contributed by atoms with van der Waals surface area (Å²) in [5.41, 5.74) is 0.652. The molecule has 1 amide bonds. The van der Waals surface area contributed by atoms with Gasteiger partial charge in [-0.1, -0.05) is 6.42 Å². The number of aryl methyl sites for hydroxylation is 1. The van der Waals surface area contributed by atoms with Crippen molar-refractivity contribution in [3.63, 3.8) is 0 Å². The van der Waals surface area contributed by atoms with Crippen LogP contribution in [0, 0.1) is 0 Å². The number of ether oxygens (including phenoxy) is 3. The SMILES string of the molecule is COc1ccc(S(=O)(=O)N2CCCCC2)cc1CCC(=O)NCCOc1ccc(S(=O)(=O)N2CCOCC2)cc1. The van der Waals surface area contributed by atoms with Gasteiger partial charge in [0, 0.05) is 32.6 Å². The number of piperidine rings is 1. The van der Waals surface area contributed by atoms with Crippen LogP contribution in [0.1, 0.15) is 31.2 Å². The summed E-state index contributed by atoms with van der Waals surface area (Å²) in [5, 5.41) is 2.79. The van der Waals surface area contributed by atoms with Gasteiger partial charge < -0.3 is 19.5 Å². The van der Waals surface area contributed by atoms with Crippen LogP contribution in [0.15, 0.2) is 52.3 Å². The Balaban J connectivity index is 1.24. The number of rotatable bonds is 12. The van der Waals surface area contributed by atoms with Crippen molar-refractivity contribution in [3.05, 3.63) is 48.0 Å². The number of hydrogen-bond donors (Lipinski definition) is 1. The molecule has 2 aliphatic heterocycles. The molecule has 0 aliphatic carbocycles. The molecule has 220 valence electrons. The Labute approximate surface area is 236 Å². The number of carbonyl (C=O) groups is 1. The molecule has 0 bridgehead atoms. The second kappa shape index (κ2) is 13.8. The second-order valence-electron chi connectivity index (χ2n) is 9.62. The number of morpholine rings is 1. The van der Waals surface area contributed by atoms with E-state index in [0.717, 1.165) is 19.3 Å². The zero-order valence-electron chi connectivity index (χ0n) is 22.7. The van der Waals surface area contributed by atoms with Crippen molar-refractivity contribution >= 4 is 26.0 Å². The molecule has 0 spiro atoms. The van der Waals surface area contributed by atoms with Crippen LogP contribution in [-0.2, 0) is 36.0 Å². The fourth-order valence-electron chi connectivity index (χ4n) is 4.70. The summed E-state index contributed by atoms with van der Waals surface area (Å²) < 4.78 is 70.8. The van der Waals surface area contributed by atoms with Crippen molar-refractivity contribution in [2.45, 2.75) is 41.9 Å². The lowest BCUT2D eigenvalue weighted by Gasteiger charge is -2.26. The minimum Gasteiger partial charge on any atom is -0.496 e. The lowest BCUT2D eigenvalue weighted by atomic mass is 10.1. The van der Waals surface area contributed by atoms with Crippen LogP contribution < -0.4 is 14.8 Å². The standard InChI is InChI=1S/C27H37N3O8S2/c1-36-26-11-10-25(40(34,35)29-14-3-2-4-15-29)21-22(26)5-12-27(31)28-13-18-38-23-6-8-24(9-7-23)39(32,33)30-16-19-37-20-17-30/h6-11,21H,2-5,12-20H2,1H3,(H,28,31). The van der Waals surface area contributed by atoms with Crippen molar-refractivity contribution in [1.29, 1.82) is 0 Å². The monoisotopic (exact) mass is 595 g/mol. The third-order valence-corrected chi connectivity index (χ3v) is 10.8. The predicted molar refractivity (Wildman–Crippen MR) is 148 cm³/mol. The first-order chi connectivity index (χ1) is 19.2. The number of carbonyl (C=O) groups excluding carboxylic acids is 1. The van der Waals surface area contributed by atoms with Crippen molar-refractivity contribution in [3.8, 4) is 11.5 Å². The molecule has 0 aromatic heterocycles. The molecule has 11 nitrogen and oxygen atoms in total. The van der Waals surface area contributed by atoms with E-state index in [1.807, 2.05) is 0 Å². The highest BCUT2D eigenvalue weighted by Crippen LogP contribution is 2.27. The van der Waals surface area contributed by atoms with E-state index in [1.54, 1.807) is 30.3 Å². The molecule has 2 heterocycles. The molecule has 13 heteroatoms. The first-order valence-corrected chi connectivity index (χ1v) is 16.3. The normalized spacial score (nSPS) is 17.3. The van der Waals surface area contributed by atoms with Crippen LogP contribution in [0.2, 0.25) is 0 Å². The van der Waals surface area contributed by atoms with Crippen molar-refractivity contribution in [2.75, 3.05) is 59.7 Å². The van der Waals surface area contributed by atoms with E-state index in [4.69, 9.17) is 14.2 Å². The number of benzene rings is 2. The van der Waals surface area contributed by atoms with Gasteiger partial charge in [0.05, 0.1) is 36.7 Å². The molecule has 0 atom stereocenters. The van der Waals surface area contributed by atoms with Gasteiger partial charge in [-0.15, -0.1) is 0 Å². The zero-order chi connectivity index (χ0) is 28.6. The van der Waals surface area contributed by atoms with Gasteiger partial charge in [-0.25, -0.2) is 16.8 Å². The second-order valence-corrected chi connectivity index (χ2v) is 13.5. The average molecular weight is 596 g/mol. The van der Waals surface area contributed by atoms with E-state index in [-0.39, 0.29) is 35.3 Å². The Bertz CT molecular complexity index is 1350. The van der Waals surface area contributed by atoms with Crippen LogP contribution >= 0.6 is 0 Å². The maximum atomic E-state index is 13.1. The quantitative estimate of drug-likeness (QED) is 0.369. The third-order valence-electron chi connectivity index (χ3n) is 6.95. The third kappa shape index (κ3) is 7.52. The largest absolute Gasteiger partial charge is 0.496 e. The number of nitrogens with one attached hydrogen (secondary N) is 1. The lowest BCUT2D eigenvalue weighted by molar-refractivity contribution is -0.121. The Morgan fingerprint density at radius 1 is 0.875 bits per heavy atom. The first kappa shape index (κ1) is 30.3. The Kier molecular flexibility index (Phi) is 10.4. The molecule has 40 heavy (non-hydrogen) atoms. The number of sulfonamides is 2. The predicted octanol–water partition coefficient (Wildman–Crippen LogP) is 2.02. The van der Waals surface area contributed by atoms with Crippen molar-refractivity contribution in [2.24, 2.45) is 0 Å². The van der Waals surface area contributed by atoms with Gasteiger partial charge in [-0.2, -0.15) is 8.61 Å². The van der Waals surface area contributed by atoms with Gasteiger partial charge in [0.2, 0.25) is 26.0 Å². The van der Waals surface area contributed by atoms with E-state index in [2.05, 4.69) is 5.32 Å². The molecule has 2 aliphatic rings. The van der Waals surface area contributed by atoms with Crippen LogP contribution in [0.25, 0.3) is 0 Å². The molecule has 2 aromatic carbocycles. The summed E-state index contributed by atoms with van der Waals surface area (Å²) in [6.45, 7) is 2.92. The molecular weight excluding hydrogens is 558 g/mol. The minimum atomic E-state index is -3.59. The highest BCUT2D eigenvalue weighted by molar-refractivity contribution is 7.89. The average Bonchev–Trinajstić information content (AvgIpc) is 2.99. The molecule has 4 rings (SSSR count). The molecule has 2 aromatic rings. The fourth-order valence-corrected chi connectivity index (χ4v) is 7.68. The van der Waals surface area contributed by atoms with Gasteiger partial charge >= 0.3 is 0 Å². The van der Waals surface area contributed by atoms with Gasteiger partial charge in [-0.05, 0) is 67.3 Å². The van der Waals surface area contributed by atoms with E-state index < -0.39 is 20.0 Å².